The van der Waals surface area contributed by atoms with E-state index in [4.69, 9.17) is 10.9 Å². The molecule has 0 radical (unpaired) electrons. The van der Waals surface area contributed by atoms with Gasteiger partial charge in [0.15, 0.2) is 0 Å². The number of hydrogen-bond acceptors (Lipinski definition) is 3. The summed E-state index contributed by atoms with van der Waals surface area (Å²) in [7, 11) is 0. The molecule has 3 N–H and O–H groups in total. The summed E-state index contributed by atoms with van der Waals surface area (Å²) in [6.45, 7) is 2.21. The van der Waals surface area contributed by atoms with Crippen molar-refractivity contribution in [1.29, 1.82) is 0 Å². The van der Waals surface area contributed by atoms with Gasteiger partial charge in [0, 0.05) is 6.42 Å². The van der Waals surface area contributed by atoms with Crippen LogP contribution in [0.1, 0.15) is 39.0 Å². The van der Waals surface area contributed by atoms with Crippen molar-refractivity contribution in [3.8, 4) is 0 Å². The third kappa shape index (κ3) is 9.53. The number of rotatable bonds is 8. The second-order valence-corrected chi connectivity index (χ2v) is 4.24. The van der Waals surface area contributed by atoms with Crippen LogP contribution in [0.25, 0.3) is 0 Å². The van der Waals surface area contributed by atoms with E-state index in [9.17, 15) is 0 Å². The van der Waals surface area contributed by atoms with Gasteiger partial charge in [0.25, 0.3) is 0 Å². The molecule has 0 amide bonds. The van der Waals surface area contributed by atoms with Crippen molar-refractivity contribution in [1.82, 2.24) is 0 Å². The first-order valence-corrected chi connectivity index (χ1v) is 6.00. The number of unbranched alkanes of at least 4 members (excludes halogenated alkanes) is 2. The van der Waals surface area contributed by atoms with Crippen LogP contribution in [0, 0.1) is 0 Å². The predicted octanol–water partition coefficient (Wildman–Crippen LogP) is 2.44. The van der Waals surface area contributed by atoms with E-state index in [-0.39, 0.29) is 0 Å². The molecule has 0 aliphatic carbocycles. The van der Waals surface area contributed by atoms with E-state index in [0.717, 1.165) is 12.8 Å². The van der Waals surface area contributed by atoms with E-state index in [2.05, 4.69) is 12.1 Å². The molecule has 0 aliphatic rings. The molecule has 0 atom stereocenters. The topological polar surface area (TPSA) is 58.6 Å². The SMILES string of the molecule is CCCCSCCCC/C(N)=N/O. The maximum atomic E-state index is 8.27. The van der Waals surface area contributed by atoms with Gasteiger partial charge in [0.2, 0.25) is 0 Å². The summed E-state index contributed by atoms with van der Waals surface area (Å²) in [4.78, 5) is 0. The van der Waals surface area contributed by atoms with Gasteiger partial charge in [-0.1, -0.05) is 18.5 Å². The second-order valence-electron chi connectivity index (χ2n) is 3.01. The highest BCUT2D eigenvalue weighted by Gasteiger charge is 1.93. The fourth-order valence-electron chi connectivity index (χ4n) is 0.909. The molecule has 0 unspecified atom stereocenters. The van der Waals surface area contributed by atoms with Crippen LogP contribution in [0.15, 0.2) is 5.16 Å². The number of nitrogens with zero attached hydrogens (tertiary/aromatic N) is 1. The van der Waals surface area contributed by atoms with Gasteiger partial charge in [0.05, 0.1) is 0 Å². The monoisotopic (exact) mass is 204 g/mol. The Hall–Kier alpha value is -0.380. The average Bonchev–Trinajstić information content (AvgIpc) is 2.16. The molecule has 4 heteroatoms. The molecule has 13 heavy (non-hydrogen) atoms. The van der Waals surface area contributed by atoms with Gasteiger partial charge in [-0.2, -0.15) is 11.8 Å². The number of thioether (sulfide) groups is 1. The van der Waals surface area contributed by atoms with Crippen molar-refractivity contribution in [2.45, 2.75) is 39.0 Å². The molecule has 0 aromatic heterocycles. The Balaban J connectivity index is 3.00. The lowest BCUT2D eigenvalue weighted by molar-refractivity contribution is 0.316. The average molecular weight is 204 g/mol. The van der Waals surface area contributed by atoms with Gasteiger partial charge >= 0.3 is 0 Å². The molecule has 3 nitrogen and oxygen atoms in total. The fourth-order valence-corrected chi connectivity index (χ4v) is 2.01. The van der Waals surface area contributed by atoms with Gasteiger partial charge in [-0.05, 0) is 30.8 Å². The van der Waals surface area contributed by atoms with E-state index in [1.165, 1.54) is 24.3 Å². The first kappa shape index (κ1) is 12.6. The van der Waals surface area contributed by atoms with E-state index in [1.807, 2.05) is 11.8 Å². The second kappa shape index (κ2) is 9.71. The summed E-state index contributed by atoms with van der Waals surface area (Å²) >= 11 is 1.99. The third-order valence-corrected chi connectivity index (χ3v) is 2.90. The molecule has 0 heterocycles. The minimum Gasteiger partial charge on any atom is -0.409 e. The largest absolute Gasteiger partial charge is 0.409 e. The molecule has 0 aromatic rings. The Morgan fingerprint density at radius 2 is 2.00 bits per heavy atom. The number of nitrogens with two attached hydrogens (primary N) is 1. The van der Waals surface area contributed by atoms with Gasteiger partial charge < -0.3 is 10.9 Å². The van der Waals surface area contributed by atoms with Crippen LogP contribution in [0.2, 0.25) is 0 Å². The quantitative estimate of drug-likeness (QED) is 0.210. The number of hydrogen-bond donors (Lipinski definition) is 2. The predicted molar refractivity (Wildman–Crippen MR) is 59.5 cm³/mol. The Morgan fingerprint density at radius 3 is 2.62 bits per heavy atom. The van der Waals surface area contributed by atoms with Crippen molar-refractivity contribution in [3.63, 3.8) is 0 Å². The zero-order chi connectivity index (χ0) is 9.94. The van der Waals surface area contributed by atoms with Crippen molar-refractivity contribution >= 4 is 17.6 Å². The first-order chi connectivity index (χ1) is 6.31. The van der Waals surface area contributed by atoms with E-state index >= 15 is 0 Å². The molecule has 0 saturated heterocycles. The maximum Gasteiger partial charge on any atom is 0.139 e. The van der Waals surface area contributed by atoms with Crippen molar-refractivity contribution in [2.75, 3.05) is 11.5 Å². The smallest absolute Gasteiger partial charge is 0.139 e. The highest BCUT2D eigenvalue weighted by atomic mass is 32.2. The van der Waals surface area contributed by atoms with Crippen LogP contribution in [0.5, 0.6) is 0 Å². The van der Waals surface area contributed by atoms with Gasteiger partial charge in [-0.25, -0.2) is 0 Å². The number of amidine groups is 1. The molecular weight excluding hydrogens is 184 g/mol. The minimum atomic E-state index is 0.346. The van der Waals surface area contributed by atoms with Gasteiger partial charge in [0.1, 0.15) is 5.84 Å². The van der Waals surface area contributed by atoms with Crippen LogP contribution in [-0.2, 0) is 0 Å². The van der Waals surface area contributed by atoms with Crippen LogP contribution in [0.3, 0.4) is 0 Å². The molecule has 0 bridgehead atoms. The summed E-state index contributed by atoms with van der Waals surface area (Å²) in [6, 6.07) is 0. The van der Waals surface area contributed by atoms with Crippen LogP contribution in [0.4, 0.5) is 0 Å². The summed E-state index contributed by atoms with van der Waals surface area (Å²) in [5, 5.41) is 11.2. The van der Waals surface area contributed by atoms with Gasteiger partial charge in [-0.15, -0.1) is 0 Å². The van der Waals surface area contributed by atoms with Crippen LogP contribution < -0.4 is 5.73 Å². The molecule has 0 rings (SSSR count). The molecule has 0 saturated carbocycles. The Bertz CT molecular complexity index is 140. The molecule has 0 fully saturated rings. The Labute approximate surface area is 84.8 Å². The van der Waals surface area contributed by atoms with Crippen molar-refractivity contribution in [2.24, 2.45) is 10.9 Å². The van der Waals surface area contributed by atoms with E-state index < -0.39 is 0 Å². The summed E-state index contributed by atoms with van der Waals surface area (Å²) in [6.07, 6.45) is 5.48. The summed E-state index contributed by atoms with van der Waals surface area (Å²) in [5.41, 5.74) is 5.33. The van der Waals surface area contributed by atoms with Crippen molar-refractivity contribution in [3.05, 3.63) is 0 Å². The lowest BCUT2D eigenvalue weighted by atomic mass is 10.2. The molecule has 78 valence electrons. The zero-order valence-electron chi connectivity index (χ0n) is 8.33. The zero-order valence-corrected chi connectivity index (χ0v) is 9.15. The summed E-state index contributed by atoms with van der Waals surface area (Å²) < 4.78 is 0. The lowest BCUT2D eigenvalue weighted by Gasteiger charge is -2.00. The fraction of sp³-hybridized carbons (Fsp3) is 0.889. The van der Waals surface area contributed by atoms with Crippen molar-refractivity contribution < 1.29 is 5.21 Å². The van der Waals surface area contributed by atoms with Crippen LogP contribution in [-0.4, -0.2) is 22.5 Å². The molecule has 0 aromatic carbocycles. The Kier molecular flexibility index (Phi) is 9.42. The van der Waals surface area contributed by atoms with E-state index in [1.54, 1.807) is 0 Å². The summed E-state index contributed by atoms with van der Waals surface area (Å²) in [5.74, 6) is 2.80. The first-order valence-electron chi connectivity index (χ1n) is 4.85. The molecular formula is C9H20N2OS. The maximum absolute atomic E-state index is 8.27. The molecule has 0 spiro atoms. The third-order valence-electron chi connectivity index (χ3n) is 1.74. The van der Waals surface area contributed by atoms with E-state index in [0.29, 0.717) is 12.3 Å². The van der Waals surface area contributed by atoms with Crippen LogP contribution >= 0.6 is 11.8 Å². The minimum absolute atomic E-state index is 0.346. The molecule has 0 aliphatic heterocycles. The standard InChI is InChI=1S/C9H20N2OS/c1-2-3-7-13-8-5-4-6-9(10)11-12/h12H,2-8H2,1H3,(H2,10,11). The normalized spacial score (nSPS) is 11.9. The number of oxime groups is 1. The highest BCUT2D eigenvalue weighted by Crippen LogP contribution is 2.08. The Morgan fingerprint density at radius 1 is 1.31 bits per heavy atom. The highest BCUT2D eigenvalue weighted by molar-refractivity contribution is 7.99. The lowest BCUT2D eigenvalue weighted by Crippen LogP contribution is -2.10. The van der Waals surface area contributed by atoms with Gasteiger partial charge in [-0.3, -0.25) is 0 Å².